The maximum atomic E-state index is 11.3. The first-order valence-electron chi connectivity index (χ1n) is 4.97. The number of rotatable bonds is 5. The minimum absolute atomic E-state index is 0.0687. The predicted octanol–water partition coefficient (Wildman–Crippen LogP) is 2.52. The fourth-order valence-corrected chi connectivity index (χ4v) is 1.39. The van der Waals surface area contributed by atoms with Crippen molar-refractivity contribution in [2.45, 2.75) is 18.6 Å². The zero-order valence-electron chi connectivity index (χ0n) is 9.10. The Morgan fingerprint density at radius 1 is 1.40 bits per heavy atom. The van der Waals surface area contributed by atoms with Crippen LogP contribution in [0.15, 0.2) is 30.3 Å². The summed E-state index contributed by atoms with van der Waals surface area (Å²) in [7, 11) is 0. The van der Waals surface area contributed by atoms with E-state index in [1.165, 1.54) is 17.3 Å². The molecule has 1 unspecified atom stereocenters. The molecule has 0 saturated carbocycles. The first-order chi connectivity index (χ1) is 7.24. The Morgan fingerprint density at radius 3 is 2.67 bits per heavy atom. The van der Waals surface area contributed by atoms with Gasteiger partial charge in [0.2, 0.25) is 0 Å². The molecule has 15 heavy (non-hydrogen) atoms. The second-order valence-corrected chi connectivity index (χ2v) is 4.46. The van der Waals surface area contributed by atoms with Gasteiger partial charge in [0.05, 0.1) is 11.9 Å². The van der Waals surface area contributed by atoms with E-state index in [1.54, 1.807) is 0 Å². The fraction of sp³-hybridized carbons (Fsp3) is 0.417. The summed E-state index contributed by atoms with van der Waals surface area (Å²) in [4.78, 5) is 11.3. The molecular formula is C12H16O2S. The molecule has 0 aliphatic heterocycles. The number of hydrogen-bond acceptors (Lipinski definition) is 3. The van der Waals surface area contributed by atoms with Crippen LogP contribution in [0.1, 0.15) is 12.5 Å². The predicted molar refractivity (Wildman–Crippen MR) is 64.1 cm³/mol. The average Bonchev–Trinajstić information content (AvgIpc) is 2.29. The molecule has 0 bridgehead atoms. The van der Waals surface area contributed by atoms with E-state index in [9.17, 15) is 4.79 Å². The molecule has 0 fully saturated rings. The molecule has 3 heteroatoms. The van der Waals surface area contributed by atoms with E-state index >= 15 is 0 Å². The molecular weight excluding hydrogens is 208 g/mol. The number of carbonyl (C=O) groups excluding carboxylic acids is 1. The van der Waals surface area contributed by atoms with Crippen LogP contribution in [-0.4, -0.2) is 24.1 Å². The second-order valence-electron chi connectivity index (χ2n) is 3.28. The van der Waals surface area contributed by atoms with Crippen LogP contribution in [0, 0.1) is 0 Å². The third-order valence-corrected chi connectivity index (χ3v) is 3.06. The van der Waals surface area contributed by atoms with E-state index in [0.29, 0.717) is 6.61 Å². The van der Waals surface area contributed by atoms with Crippen LogP contribution in [0.4, 0.5) is 0 Å². The lowest BCUT2D eigenvalue weighted by molar-refractivity contribution is -0.142. The maximum Gasteiger partial charge on any atom is 0.318 e. The van der Waals surface area contributed by atoms with E-state index in [-0.39, 0.29) is 11.2 Å². The third kappa shape index (κ3) is 4.38. The second kappa shape index (κ2) is 6.51. The van der Waals surface area contributed by atoms with E-state index in [1.807, 2.05) is 43.5 Å². The van der Waals surface area contributed by atoms with Gasteiger partial charge in [0.1, 0.15) is 0 Å². The summed E-state index contributed by atoms with van der Waals surface area (Å²) >= 11 is 1.50. The topological polar surface area (TPSA) is 26.3 Å². The molecule has 0 spiro atoms. The van der Waals surface area contributed by atoms with Gasteiger partial charge in [-0.3, -0.25) is 4.79 Å². The molecule has 1 aromatic carbocycles. The molecule has 1 rings (SSSR count). The molecule has 1 atom stereocenters. The molecule has 0 aromatic heterocycles. The highest BCUT2D eigenvalue weighted by Crippen LogP contribution is 2.07. The summed E-state index contributed by atoms with van der Waals surface area (Å²) in [5.74, 6) is -0.126. The van der Waals surface area contributed by atoms with Crippen molar-refractivity contribution in [1.29, 1.82) is 0 Å². The summed E-state index contributed by atoms with van der Waals surface area (Å²) in [6, 6.07) is 10.0. The van der Waals surface area contributed by atoms with Crippen LogP contribution < -0.4 is 0 Å². The highest BCUT2D eigenvalue weighted by atomic mass is 32.2. The lowest BCUT2D eigenvalue weighted by atomic mass is 10.2. The van der Waals surface area contributed by atoms with Crippen molar-refractivity contribution in [2.24, 2.45) is 0 Å². The molecule has 0 radical (unpaired) electrons. The van der Waals surface area contributed by atoms with Crippen LogP contribution in [0.2, 0.25) is 0 Å². The summed E-state index contributed by atoms with van der Waals surface area (Å²) in [6.45, 7) is 2.32. The molecule has 0 amide bonds. The molecule has 82 valence electrons. The quantitative estimate of drug-likeness (QED) is 0.719. The van der Waals surface area contributed by atoms with Crippen molar-refractivity contribution < 1.29 is 9.53 Å². The van der Waals surface area contributed by atoms with Crippen LogP contribution in [0.25, 0.3) is 0 Å². The molecule has 0 aliphatic rings. The Labute approximate surface area is 95.0 Å². The minimum atomic E-state index is -0.126. The van der Waals surface area contributed by atoms with Crippen LogP contribution in [-0.2, 0) is 16.0 Å². The standard InChI is InChI=1S/C12H16O2S/c1-10(15-2)12(13)14-9-8-11-6-4-3-5-7-11/h3-7,10H,8-9H2,1-2H3. The number of hydrogen-bond donors (Lipinski definition) is 0. The zero-order valence-corrected chi connectivity index (χ0v) is 9.92. The molecule has 0 N–H and O–H groups in total. The largest absolute Gasteiger partial charge is 0.465 e. The van der Waals surface area contributed by atoms with Gasteiger partial charge in [-0.15, -0.1) is 0 Å². The SMILES string of the molecule is CSC(C)C(=O)OCCc1ccccc1. The number of carbonyl (C=O) groups is 1. The lowest BCUT2D eigenvalue weighted by Crippen LogP contribution is -2.17. The van der Waals surface area contributed by atoms with Gasteiger partial charge in [0.25, 0.3) is 0 Å². The number of benzene rings is 1. The van der Waals surface area contributed by atoms with Crippen LogP contribution in [0.3, 0.4) is 0 Å². The summed E-state index contributed by atoms with van der Waals surface area (Å²) in [5, 5.41) is -0.0687. The number of esters is 1. The van der Waals surface area contributed by atoms with Gasteiger partial charge in [-0.05, 0) is 18.7 Å². The Kier molecular flexibility index (Phi) is 5.26. The summed E-state index contributed by atoms with van der Waals surface area (Å²) in [6.07, 6.45) is 2.69. The summed E-state index contributed by atoms with van der Waals surface area (Å²) < 4.78 is 5.14. The van der Waals surface area contributed by atoms with E-state index in [2.05, 4.69) is 0 Å². The van der Waals surface area contributed by atoms with E-state index < -0.39 is 0 Å². The average molecular weight is 224 g/mol. The molecule has 0 heterocycles. The smallest absolute Gasteiger partial charge is 0.318 e. The molecule has 0 aliphatic carbocycles. The normalized spacial score (nSPS) is 12.1. The molecule has 2 nitrogen and oxygen atoms in total. The van der Waals surface area contributed by atoms with Crippen molar-refractivity contribution >= 4 is 17.7 Å². The first kappa shape index (κ1) is 12.1. The number of thioether (sulfide) groups is 1. The number of ether oxygens (including phenoxy) is 1. The zero-order chi connectivity index (χ0) is 11.1. The van der Waals surface area contributed by atoms with Gasteiger partial charge in [-0.1, -0.05) is 30.3 Å². The Morgan fingerprint density at radius 2 is 2.07 bits per heavy atom. The van der Waals surface area contributed by atoms with Crippen LogP contribution >= 0.6 is 11.8 Å². The molecule has 0 saturated heterocycles. The first-order valence-corrected chi connectivity index (χ1v) is 6.26. The maximum absolute atomic E-state index is 11.3. The highest BCUT2D eigenvalue weighted by Gasteiger charge is 2.11. The van der Waals surface area contributed by atoms with E-state index in [0.717, 1.165) is 6.42 Å². The fourth-order valence-electron chi connectivity index (χ4n) is 1.13. The van der Waals surface area contributed by atoms with Gasteiger partial charge >= 0.3 is 5.97 Å². The Hall–Kier alpha value is -0.960. The van der Waals surface area contributed by atoms with Gasteiger partial charge in [0, 0.05) is 6.42 Å². The van der Waals surface area contributed by atoms with Gasteiger partial charge in [-0.2, -0.15) is 11.8 Å². The van der Waals surface area contributed by atoms with Crippen molar-refractivity contribution in [3.05, 3.63) is 35.9 Å². The van der Waals surface area contributed by atoms with E-state index in [4.69, 9.17) is 4.74 Å². The summed E-state index contributed by atoms with van der Waals surface area (Å²) in [5.41, 5.74) is 1.20. The third-order valence-electron chi connectivity index (χ3n) is 2.16. The Bertz CT molecular complexity index is 298. The van der Waals surface area contributed by atoms with Crippen molar-refractivity contribution in [1.82, 2.24) is 0 Å². The van der Waals surface area contributed by atoms with Crippen LogP contribution in [0.5, 0.6) is 0 Å². The van der Waals surface area contributed by atoms with Crippen molar-refractivity contribution in [3.63, 3.8) is 0 Å². The van der Waals surface area contributed by atoms with Gasteiger partial charge in [0.15, 0.2) is 0 Å². The lowest BCUT2D eigenvalue weighted by Gasteiger charge is -2.08. The monoisotopic (exact) mass is 224 g/mol. The Balaban J connectivity index is 2.25. The molecule has 1 aromatic rings. The highest BCUT2D eigenvalue weighted by molar-refractivity contribution is 7.99. The van der Waals surface area contributed by atoms with Crippen molar-refractivity contribution in [3.8, 4) is 0 Å². The van der Waals surface area contributed by atoms with Gasteiger partial charge < -0.3 is 4.74 Å². The van der Waals surface area contributed by atoms with Gasteiger partial charge in [-0.25, -0.2) is 0 Å². The van der Waals surface area contributed by atoms with Crippen molar-refractivity contribution in [2.75, 3.05) is 12.9 Å². The minimum Gasteiger partial charge on any atom is -0.465 e.